The summed E-state index contributed by atoms with van der Waals surface area (Å²) in [5, 5.41) is 4.75. The summed E-state index contributed by atoms with van der Waals surface area (Å²) in [7, 11) is 0. The van der Waals surface area contributed by atoms with Gasteiger partial charge in [0.15, 0.2) is 0 Å². The number of hydrogen-bond acceptors (Lipinski definition) is 3. The summed E-state index contributed by atoms with van der Waals surface area (Å²) in [6.07, 6.45) is 6.80. The molecule has 0 spiro atoms. The summed E-state index contributed by atoms with van der Waals surface area (Å²) in [6, 6.07) is 14.8. The molecule has 0 fully saturated rings. The molecule has 0 amide bonds. The Bertz CT molecular complexity index is 821. The Morgan fingerprint density at radius 2 is 1.83 bits per heavy atom. The van der Waals surface area contributed by atoms with Gasteiger partial charge in [0.05, 0.1) is 11.2 Å². The Labute approximate surface area is 136 Å². The van der Waals surface area contributed by atoms with Crippen LogP contribution in [0.25, 0.3) is 10.9 Å². The van der Waals surface area contributed by atoms with Gasteiger partial charge in [-0.15, -0.1) is 0 Å². The summed E-state index contributed by atoms with van der Waals surface area (Å²) in [5.41, 5.74) is 6.24. The van der Waals surface area contributed by atoms with Gasteiger partial charge in [-0.1, -0.05) is 24.3 Å². The normalized spacial score (nSPS) is 13.9. The lowest BCUT2D eigenvalue weighted by Crippen LogP contribution is -2.15. The molecule has 3 nitrogen and oxygen atoms in total. The highest BCUT2D eigenvalue weighted by molar-refractivity contribution is 5.81. The van der Waals surface area contributed by atoms with Gasteiger partial charge in [-0.05, 0) is 55.0 Å². The molecule has 0 saturated heterocycles. The highest BCUT2D eigenvalue weighted by Gasteiger charge is 2.10. The number of aromatic nitrogens is 2. The third-order valence-electron chi connectivity index (χ3n) is 4.60. The van der Waals surface area contributed by atoms with Crippen molar-refractivity contribution in [3.05, 3.63) is 71.2 Å². The molecule has 116 valence electrons. The average Bonchev–Trinajstić information content (AvgIpc) is 2.62. The minimum absolute atomic E-state index is 0.809. The number of hydrogen-bond donors (Lipinski definition) is 1. The van der Waals surface area contributed by atoms with Crippen molar-refractivity contribution in [3.8, 4) is 0 Å². The largest absolute Gasteiger partial charge is 0.307 e. The van der Waals surface area contributed by atoms with Crippen LogP contribution in [0.1, 0.15) is 35.4 Å². The summed E-state index contributed by atoms with van der Waals surface area (Å²) in [6.45, 7) is 1.64. The van der Waals surface area contributed by atoms with Crippen LogP contribution in [0.4, 0.5) is 0 Å². The van der Waals surface area contributed by atoms with Crippen LogP contribution >= 0.6 is 0 Å². The third-order valence-corrected chi connectivity index (χ3v) is 4.60. The maximum Gasteiger partial charge on any atom is 0.0705 e. The second-order valence-electron chi connectivity index (χ2n) is 6.21. The molecule has 2 aromatic heterocycles. The summed E-state index contributed by atoms with van der Waals surface area (Å²) in [4.78, 5) is 9.25. The molecule has 1 aliphatic rings. The molecule has 0 atom stereocenters. The van der Waals surface area contributed by atoms with Crippen molar-refractivity contribution in [2.24, 2.45) is 0 Å². The van der Waals surface area contributed by atoms with Gasteiger partial charge in [-0.2, -0.15) is 0 Å². The number of rotatable bonds is 4. The van der Waals surface area contributed by atoms with Crippen molar-refractivity contribution in [2.45, 2.75) is 38.8 Å². The van der Waals surface area contributed by atoms with Crippen LogP contribution in [0.5, 0.6) is 0 Å². The molecule has 1 aliphatic carbocycles. The van der Waals surface area contributed by atoms with E-state index >= 15 is 0 Å². The maximum atomic E-state index is 4.83. The summed E-state index contributed by atoms with van der Waals surface area (Å²) >= 11 is 0. The number of benzene rings is 1. The van der Waals surface area contributed by atoms with E-state index in [2.05, 4.69) is 46.7 Å². The van der Waals surface area contributed by atoms with E-state index in [-0.39, 0.29) is 0 Å². The topological polar surface area (TPSA) is 37.8 Å². The van der Waals surface area contributed by atoms with Gasteiger partial charge in [-0.3, -0.25) is 9.97 Å². The maximum absolute atomic E-state index is 4.83. The molecule has 1 aromatic carbocycles. The highest BCUT2D eigenvalue weighted by atomic mass is 14.9. The van der Waals surface area contributed by atoms with Gasteiger partial charge in [0.2, 0.25) is 0 Å². The zero-order valence-electron chi connectivity index (χ0n) is 13.3. The fourth-order valence-corrected chi connectivity index (χ4v) is 3.36. The van der Waals surface area contributed by atoms with Crippen LogP contribution in [-0.4, -0.2) is 9.97 Å². The molecule has 23 heavy (non-hydrogen) atoms. The van der Waals surface area contributed by atoms with Gasteiger partial charge >= 0.3 is 0 Å². The average molecular weight is 303 g/mol. The van der Waals surface area contributed by atoms with Gasteiger partial charge in [0.25, 0.3) is 0 Å². The lowest BCUT2D eigenvalue weighted by atomic mass is 9.96. The second-order valence-corrected chi connectivity index (χ2v) is 6.21. The van der Waals surface area contributed by atoms with Crippen LogP contribution in [0.2, 0.25) is 0 Å². The van der Waals surface area contributed by atoms with Crippen molar-refractivity contribution < 1.29 is 0 Å². The van der Waals surface area contributed by atoms with Crippen molar-refractivity contribution in [1.29, 1.82) is 0 Å². The fraction of sp³-hybridized carbons (Fsp3) is 0.300. The number of nitrogens with zero attached hydrogens (tertiary/aromatic N) is 2. The Balaban J connectivity index is 1.45. The van der Waals surface area contributed by atoms with Gasteiger partial charge in [-0.25, -0.2) is 0 Å². The van der Waals surface area contributed by atoms with E-state index in [9.17, 15) is 0 Å². The van der Waals surface area contributed by atoms with E-state index in [1.807, 2.05) is 12.3 Å². The molecule has 0 aliphatic heterocycles. The Hall–Kier alpha value is -2.26. The van der Waals surface area contributed by atoms with Crippen LogP contribution in [0.3, 0.4) is 0 Å². The lowest BCUT2D eigenvalue weighted by Gasteiger charge is -2.15. The van der Waals surface area contributed by atoms with Crippen molar-refractivity contribution in [3.63, 3.8) is 0 Å². The van der Waals surface area contributed by atoms with Crippen LogP contribution in [0, 0.1) is 0 Å². The van der Waals surface area contributed by atoms with Crippen LogP contribution in [0.15, 0.2) is 48.7 Å². The highest BCUT2D eigenvalue weighted by Crippen LogP contribution is 2.20. The molecule has 0 unspecified atom stereocenters. The first-order valence-corrected chi connectivity index (χ1v) is 8.41. The van der Waals surface area contributed by atoms with E-state index in [0.717, 1.165) is 30.7 Å². The Morgan fingerprint density at radius 1 is 0.913 bits per heavy atom. The minimum Gasteiger partial charge on any atom is -0.307 e. The molecule has 2 heterocycles. The zero-order valence-corrected chi connectivity index (χ0v) is 13.3. The van der Waals surface area contributed by atoms with E-state index in [4.69, 9.17) is 4.98 Å². The molecule has 0 radical (unpaired) electrons. The second kappa shape index (κ2) is 6.47. The number of nitrogens with one attached hydrogen (secondary N) is 1. The smallest absolute Gasteiger partial charge is 0.0705 e. The number of pyridine rings is 2. The molecule has 1 N–H and O–H groups in total. The van der Waals surface area contributed by atoms with E-state index < -0.39 is 0 Å². The fourth-order valence-electron chi connectivity index (χ4n) is 3.36. The predicted octanol–water partition coefficient (Wildman–Crippen LogP) is 3.80. The van der Waals surface area contributed by atoms with E-state index in [1.54, 1.807) is 0 Å². The first-order chi connectivity index (χ1) is 11.4. The summed E-state index contributed by atoms with van der Waals surface area (Å²) in [5.74, 6) is 0. The van der Waals surface area contributed by atoms with Crippen LogP contribution < -0.4 is 5.32 Å². The predicted molar refractivity (Wildman–Crippen MR) is 93.2 cm³/mol. The molecule has 0 saturated carbocycles. The molecular formula is C20H21N3. The Morgan fingerprint density at radius 3 is 2.83 bits per heavy atom. The standard InChI is InChI=1S/C20H21N3/c1-3-7-19-15(5-1)9-10-17(23-19)14-21-13-16-11-12-22-20-8-4-2-6-18(16)20/h2,4,6,8-12,21H,1,3,5,7,13-14H2. The van der Waals surface area contributed by atoms with E-state index in [1.165, 1.54) is 41.5 Å². The Kier molecular flexibility index (Phi) is 4.03. The molecule has 3 aromatic rings. The molecular weight excluding hydrogens is 282 g/mol. The third kappa shape index (κ3) is 3.10. The van der Waals surface area contributed by atoms with Crippen molar-refractivity contribution in [1.82, 2.24) is 15.3 Å². The first kappa shape index (κ1) is 14.3. The van der Waals surface area contributed by atoms with Gasteiger partial charge in [0.1, 0.15) is 0 Å². The lowest BCUT2D eigenvalue weighted by molar-refractivity contribution is 0.644. The molecule has 0 bridgehead atoms. The van der Waals surface area contributed by atoms with Crippen molar-refractivity contribution >= 4 is 10.9 Å². The number of para-hydroxylation sites is 1. The molecule has 3 heteroatoms. The number of fused-ring (bicyclic) bond motifs is 2. The van der Waals surface area contributed by atoms with Gasteiger partial charge in [0, 0.05) is 30.4 Å². The SMILES string of the molecule is c1ccc2c(CNCc3ccc4c(n3)CCCC4)ccnc2c1. The molecule has 4 rings (SSSR count). The first-order valence-electron chi connectivity index (χ1n) is 8.41. The monoisotopic (exact) mass is 303 g/mol. The number of aryl methyl sites for hydroxylation is 2. The summed E-state index contributed by atoms with van der Waals surface area (Å²) < 4.78 is 0. The quantitative estimate of drug-likeness (QED) is 0.796. The van der Waals surface area contributed by atoms with Crippen LogP contribution in [-0.2, 0) is 25.9 Å². The minimum atomic E-state index is 0.809. The zero-order chi connectivity index (χ0) is 15.5. The van der Waals surface area contributed by atoms with E-state index in [0.29, 0.717) is 0 Å². The van der Waals surface area contributed by atoms with Crippen molar-refractivity contribution in [2.75, 3.05) is 0 Å². The van der Waals surface area contributed by atoms with Gasteiger partial charge < -0.3 is 5.32 Å².